The second-order valence-corrected chi connectivity index (χ2v) is 6.21. The van der Waals surface area contributed by atoms with Crippen molar-refractivity contribution in [3.63, 3.8) is 0 Å². The molecular formula is C17H22N2O3. The summed E-state index contributed by atoms with van der Waals surface area (Å²) in [5, 5.41) is 0. The van der Waals surface area contributed by atoms with E-state index in [2.05, 4.69) is 6.92 Å². The Morgan fingerprint density at radius 3 is 2.73 bits per heavy atom. The number of hydrogen-bond donors (Lipinski definition) is 0. The smallest absolute Gasteiger partial charge is 0.253 e. The monoisotopic (exact) mass is 302 g/mol. The Balaban J connectivity index is 1.85. The SMILES string of the molecule is CC1CCN(C(=O)c2ccc3c(c2)N(C)C(=O)CCO3)CC1. The van der Waals surface area contributed by atoms with E-state index < -0.39 is 0 Å². The Morgan fingerprint density at radius 1 is 1.27 bits per heavy atom. The molecule has 3 rings (SSSR count). The molecule has 2 heterocycles. The third kappa shape index (κ3) is 2.80. The lowest BCUT2D eigenvalue weighted by atomic mass is 9.98. The van der Waals surface area contributed by atoms with Crippen molar-refractivity contribution in [3.05, 3.63) is 23.8 Å². The van der Waals surface area contributed by atoms with Crippen LogP contribution in [0.5, 0.6) is 5.75 Å². The van der Waals surface area contributed by atoms with E-state index in [0.29, 0.717) is 35.9 Å². The minimum absolute atomic E-state index is 0.00939. The topological polar surface area (TPSA) is 49.9 Å². The first-order chi connectivity index (χ1) is 10.6. The van der Waals surface area contributed by atoms with E-state index in [-0.39, 0.29) is 11.8 Å². The van der Waals surface area contributed by atoms with Crippen molar-refractivity contribution in [2.45, 2.75) is 26.2 Å². The summed E-state index contributed by atoms with van der Waals surface area (Å²) in [6, 6.07) is 5.37. The summed E-state index contributed by atoms with van der Waals surface area (Å²) in [6.45, 7) is 4.22. The van der Waals surface area contributed by atoms with Gasteiger partial charge in [-0.25, -0.2) is 0 Å². The lowest BCUT2D eigenvalue weighted by molar-refractivity contribution is -0.118. The molecule has 1 aromatic rings. The van der Waals surface area contributed by atoms with Gasteiger partial charge >= 0.3 is 0 Å². The highest BCUT2D eigenvalue weighted by molar-refractivity contribution is 5.99. The number of carbonyl (C=O) groups is 2. The van der Waals surface area contributed by atoms with Gasteiger partial charge in [-0.15, -0.1) is 0 Å². The number of nitrogens with zero attached hydrogens (tertiary/aromatic N) is 2. The van der Waals surface area contributed by atoms with Crippen LogP contribution in [0.3, 0.4) is 0 Å². The van der Waals surface area contributed by atoms with Gasteiger partial charge in [0.15, 0.2) is 0 Å². The number of ether oxygens (including phenoxy) is 1. The van der Waals surface area contributed by atoms with Gasteiger partial charge in [0.25, 0.3) is 5.91 Å². The molecule has 0 spiro atoms. The van der Waals surface area contributed by atoms with Gasteiger partial charge in [-0.2, -0.15) is 0 Å². The second-order valence-electron chi connectivity index (χ2n) is 6.21. The Hall–Kier alpha value is -2.04. The largest absolute Gasteiger partial charge is 0.491 e. The molecule has 0 atom stereocenters. The first-order valence-electron chi connectivity index (χ1n) is 7.89. The first kappa shape index (κ1) is 14.9. The zero-order valence-corrected chi connectivity index (χ0v) is 13.2. The predicted molar refractivity (Wildman–Crippen MR) is 84.3 cm³/mol. The summed E-state index contributed by atoms with van der Waals surface area (Å²) in [6.07, 6.45) is 2.47. The maximum Gasteiger partial charge on any atom is 0.253 e. The Morgan fingerprint density at radius 2 is 2.00 bits per heavy atom. The highest BCUT2D eigenvalue weighted by Crippen LogP contribution is 2.32. The van der Waals surface area contributed by atoms with Gasteiger partial charge in [-0.3, -0.25) is 9.59 Å². The van der Waals surface area contributed by atoms with Crippen LogP contribution >= 0.6 is 0 Å². The number of likely N-dealkylation sites (tertiary alicyclic amines) is 1. The lowest BCUT2D eigenvalue weighted by Crippen LogP contribution is -2.38. The number of benzene rings is 1. The van der Waals surface area contributed by atoms with Gasteiger partial charge in [-0.05, 0) is 37.0 Å². The van der Waals surface area contributed by atoms with E-state index in [4.69, 9.17) is 4.74 Å². The third-order valence-corrected chi connectivity index (χ3v) is 4.59. The average molecular weight is 302 g/mol. The molecule has 0 aliphatic carbocycles. The number of carbonyl (C=O) groups excluding carboxylic acids is 2. The Bertz CT molecular complexity index is 592. The maximum absolute atomic E-state index is 12.6. The van der Waals surface area contributed by atoms with Crippen molar-refractivity contribution in [1.29, 1.82) is 0 Å². The van der Waals surface area contributed by atoms with Crippen LogP contribution < -0.4 is 9.64 Å². The molecule has 22 heavy (non-hydrogen) atoms. The van der Waals surface area contributed by atoms with Crippen molar-refractivity contribution in [2.75, 3.05) is 31.6 Å². The minimum Gasteiger partial charge on any atom is -0.491 e. The summed E-state index contributed by atoms with van der Waals surface area (Å²) in [4.78, 5) is 28.1. The van der Waals surface area contributed by atoms with E-state index in [0.717, 1.165) is 25.9 Å². The highest BCUT2D eigenvalue weighted by atomic mass is 16.5. The summed E-state index contributed by atoms with van der Waals surface area (Å²) in [5.74, 6) is 1.40. The van der Waals surface area contributed by atoms with Crippen molar-refractivity contribution in [2.24, 2.45) is 5.92 Å². The molecule has 1 saturated heterocycles. The normalized spacial score (nSPS) is 19.5. The van der Waals surface area contributed by atoms with E-state index >= 15 is 0 Å². The van der Waals surface area contributed by atoms with E-state index in [9.17, 15) is 9.59 Å². The molecule has 0 saturated carbocycles. The van der Waals surface area contributed by atoms with Crippen molar-refractivity contribution in [1.82, 2.24) is 4.90 Å². The number of fused-ring (bicyclic) bond motifs is 1. The molecule has 5 nitrogen and oxygen atoms in total. The molecule has 0 unspecified atom stereocenters. The average Bonchev–Trinajstić information content (AvgIpc) is 2.67. The highest BCUT2D eigenvalue weighted by Gasteiger charge is 2.25. The molecule has 2 amide bonds. The van der Waals surface area contributed by atoms with Crippen LogP contribution in [0.25, 0.3) is 0 Å². The van der Waals surface area contributed by atoms with Crippen molar-refractivity contribution < 1.29 is 14.3 Å². The minimum atomic E-state index is 0.00939. The Labute approximate surface area is 130 Å². The maximum atomic E-state index is 12.6. The van der Waals surface area contributed by atoms with E-state index in [1.807, 2.05) is 4.90 Å². The van der Waals surface area contributed by atoms with Crippen LogP contribution in [0.4, 0.5) is 5.69 Å². The Kier molecular flexibility index (Phi) is 4.05. The van der Waals surface area contributed by atoms with Crippen LogP contribution in [0.15, 0.2) is 18.2 Å². The van der Waals surface area contributed by atoms with Crippen molar-refractivity contribution >= 4 is 17.5 Å². The molecule has 2 aliphatic heterocycles. The molecule has 1 aromatic carbocycles. The van der Waals surface area contributed by atoms with Crippen molar-refractivity contribution in [3.8, 4) is 5.75 Å². The molecule has 5 heteroatoms. The number of piperidine rings is 1. The van der Waals surface area contributed by atoms with Gasteiger partial charge in [0.2, 0.25) is 5.91 Å². The third-order valence-electron chi connectivity index (χ3n) is 4.59. The number of rotatable bonds is 1. The van der Waals surface area contributed by atoms with Crippen LogP contribution in [-0.4, -0.2) is 43.5 Å². The zero-order chi connectivity index (χ0) is 15.7. The number of anilines is 1. The van der Waals surface area contributed by atoms with Gasteiger partial charge < -0.3 is 14.5 Å². The fourth-order valence-corrected chi connectivity index (χ4v) is 2.98. The van der Waals surface area contributed by atoms with Crippen LogP contribution in [-0.2, 0) is 4.79 Å². The van der Waals surface area contributed by atoms with Crippen LogP contribution in [0, 0.1) is 5.92 Å². The molecule has 118 valence electrons. The number of hydrogen-bond acceptors (Lipinski definition) is 3. The van der Waals surface area contributed by atoms with Gasteiger partial charge in [0.05, 0.1) is 18.7 Å². The van der Waals surface area contributed by atoms with E-state index in [1.165, 1.54) is 0 Å². The molecule has 0 bridgehead atoms. The second kappa shape index (κ2) is 5.99. The van der Waals surface area contributed by atoms with Gasteiger partial charge in [-0.1, -0.05) is 6.92 Å². The van der Waals surface area contributed by atoms with Gasteiger partial charge in [0, 0.05) is 25.7 Å². The predicted octanol–water partition coefficient (Wildman–Crippen LogP) is 2.30. The zero-order valence-electron chi connectivity index (χ0n) is 13.2. The molecule has 2 aliphatic rings. The van der Waals surface area contributed by atoms with Crippen LogP contribution in [0.2, 0.25) is 0 Å². The van der Waals surface area contributed by atoms with E-state index in [1.54, 1.807) is 30.1 Å². The molecule has 0 radical (unpaired) electrons. The summed E-state index contributed by atoms with van der Waals surface area (Å²) >= 11 is 0. The fraction of sp³-hybridized carbons (Fsp3) is 0.529. The molecule has 1 fully saturated rings. The number of amides is 2. The van der Waals surface area contributed by atoms with Crippen LogP contribution in [0.1, 0.15) is 36.5 Å². The summed E-state index contributed by atoms with van der Waals surface area (Å²) in [5.41, 5.74) is 1.30. The van der Waals surface area contributed by atoms with Gasteiger partial charge in [0.1, 0.15) is 5.75 Å². The fourth-order valence-electron chi connectivity index (χ4n) is 2.98. The quantitative estimate of drug-likeness (QED) is 0.800. The summed E-state index contributed by atoms with van der Waals surface area (Å²) < 4.78 is 5.60. The summed E-state index contributed by atoms with van der Waals surface area (Å²) in [7, 11) is 1.73. The lowest BCUT2D eigenvalue weighted by Gasteiger charge is -2.30. The molecular weight excluding hydrogens is 280 g/mol. The molecule has 0 N–H and O–H groups in total. The molecule has 0 aromatic heterocycles. The standard InChI is InChI=1S/C17H22N2O3/c1-12-5-8-19(9-6-12)17(21)13-3-4-15-14(11-13)18(2)16(20)7-10-22-15/h3-4,11-12H,5-10H2,1-2H3. The first-order valence-corrected chi connectivity index (χ1v) is 7.89.